The molecule has 138 valence electrons. The first kappa shape index (κ1) is 19.2. The number of amides is 1. The molecular formula is C18H27N3O4. The zero-order valence-electron chi connectivity index (χ0n) is 15.2. The minimum absolute atomic E-state index is 0.0994. The molecule has 1 aliphatic heterocycles. The summed E-state index contributed by atoms with van der Waals surface area (Å²) in [6.45, 7) is 8.56. The lowest BCUT2D eigenvalue weighted by Crippen LogP contribution is -2.57. The van der Waals surface area contributed by atoms with Gasteiger partial charge in [-0.2, -0.15) is 0 Å². The fourth-order valence-electron chi connectivity index (χ4n) is 2.49. The quantitative estimate of drug-likeness (QED) is 0.810. The lowest BCUT2D eigenvalue weighted by atomic mass is 10.1. The van der Waals surface area contributed by atoms with E-state index in [1.807, 2.05) is 37.3 Å². The summed E-state index contributed by atoms with van der Waals surface area (Å²) in [6, 6.07) is 9.20. The fourth-order valence-corrected chi connectivity index (χ4v) is 2.49. The number of ether oxygens (including phenoxy) is 1. The summed E-state index contributed by atoms with van der Waals surface area (Å²) in [7, 11) is 0. The molecule has 2 atom stereocenters. The van der Waals surface area contributed by atoms with Crippen LogP contribution in [0.1, 0.15) is 39.3 Å². The van der Waals surface area contributed by atoms with Crippen LogP contribution in [0.5, 0.6) is 0 Å². The number of hydroxylamine groups is 2. The van der Waals surface area contributed by atoms with Crippen molar-refractivity contribution in [2.45, 2.75) is 45.4 Å². The van der Waals surface area contributed by atoms with Crippen molar-refractivity contribution in [1.82, 2.24) is 15.7 Å². The van der Waals surface area contributed by atoms with Crippen LogP contribution in [0, 0.1) is 0 Å². The zero-order valence-corrected chi connectivity index (χ0v) is 15.2. The summed E-state index contributed by atoms with van der Waals surface area (Å²) in [5.41, 5.74) is 0.418. The molecule has 7 nitrogen and oxygen atoms in total. The van der Waals surface area contributed by atoms with Crippen LogP contribution in [0.4, 0.5) is 4.79 Å². The number of benzene rings is 1. The third-order valence-electron chi connectivity index (χ3n) is 3.71. The maximum atomic E-state index is 12.5. The van der Waals surface area contributed by atoms with E-state index in [0.29, 0.717) is 13.1 Å². The van der Waals surface area contributed by atoms with E-state index in [1.165, 1.54) is 5.06 Å². The minimum atomic E-state index is -0.758. The second-order valence-corrected chi connectivity index (χ2v) is 7.09. The smallest absolute Gasteiger partial charge is 0.427 e. The Morgan fingerprint density at radius 2 is 1.96 bits per heavy atom. The highest BCUT2D eigenvalue weighted by molar-refractivity contribution is 5.82. The van der Waals surface area contributed by atoms with Gasteiger partial charge in [0.1, 0.15) is 11.6 Å². The molecule has 1 amide bonds. The summed E-state index contributed by atoms with van der Waals surface area (Å²) < 4.78 is 5.13. The third kappa shape index (κ3) is 6.36. The molecule has 2 N–H and O–H groups in total. The van der Waals surface area contributed by atoms with E-state index >= 15 is 0 Å². The first-order chi connectivity index (χ1) is 11.7. The van der Waals surface area contributed by atoms with Crippen LogP contribution in [0.15, 0.2) is 30.3 Å². The average Bonchev–Trinajstić information content (AvgIpc) is 2.54. The molecule has 1 heterocycles. The Kier molecular flexibility index (Phi) is 6.39. The lowest BCUT2D eigenvalue weighted by Gasteiger charge is -2.32. The monoisotopic (exact) mass is 349 g/mol. The Morgan fingerprint density at radius 1 is 1.28 bits per heavy atom. The van der Waals surface area contributed by atoms with Crippen LogP contribution in [-0.4, -0.2) is 48.4 Å². The highest BCUT2D eigenvalue weighted by atomic mass is 16.8. The van der Waals surface area contributed by atoms with Crippen molar-refractivity contribution in [2.75, 3.05) is 19.6 Å². The van der Waals surface area contributed by atoms with E-state index in [9.17, 15) is 9.59 Å². The first-order valence-corrected chi connectivity index (χ1v) is 8.49. The van der Waals surface area contributed by atoms with Gasteiger partial charge in [0, 0.05) is 13.1 Å². The first-order valence-electron chi connectivity index (χ1n) is 8.49. The molecule has 0 bridgehead atoms. The lowest BCUT2D eigenvalue weighted by molar-refractivity contribution is -0.158. The number of hydrogen-bond acceptors (Lipinski definition) is 6. The number of carbonyl (C=O) groups is 2. The maximum Gasteiger partial charge on any atom is 0.528 e. The Bertz CT molecular complexity index is 586. The Hall–Kier alpha value is -2.12. The Balaban J connectivity index is 1.85. The van der Waals surface area contributed by atoms with E-state index < -0.39 is 17.8 Å². The number of carbonyl (C=O) groups excluding carboxylic acids is 2. The molecule has 25 heavy (non-hydrogen) atoms. The van der Waals surface area contributed by atoms with Crippen LogP contribution in [0.3, 0.4) is 0 Å². The normalized spacial score (nSPS) is 19.8. The second kappa shape index (κ2) is 8.31. The van der Waals surface area contributed by atoms with Crippen molar-refractivity contribution in [2.24, 2.45) is 0 Å². The van der Waals surface area contributed by atoms with Gasteiger partial charge in [0.2, 0.25) is 5.91 Å². The van der Waals surface area contributed by atoms with Crippen molar-refractivity contribution in [3.8, 4) is 0 Å². The third-order valence-corrected chi connectivity index (χ3v) is 3.71. The summed E-state index contributed by atoms with van der Waals surface area (Å²) in [5, 5.41) is 7.58. The Morgan fingerprint density at radius 3 is 2.60 bits per heavy atom. The number of nitrogens with zero attached hydrogens (tertiary/aromatic N) is 1. The van der Waals surface area contributed by atoms with Gasteiger partial charge in [-0.3, -0.25) is 4.79 Å². The van der Waals surface area contributed by atoms with E-state index in [2.05, 4.69) is 10.6 Å². The highest BCUT2D eigenvalue weighted by Gasteiger charge is 2.29. The number of hydrogen-bond donors (Lipinski definition) is 2. The van der Waals surface area contributed by atoms with Crippen LogP contribution >= 0.6 is 0 Å². The molecule has 1 saturated heterocycles. The fraction of sp³-hybridized carbons (Fsp3) is 0.556. The predicted octanol–water partition coefficient (Wildman–Crippen LogP) is 2.00. The van der Waals surface area contributed by atoms with Crippen molar-refractivity contribution in [3.63, 3.8) is 0 Å². The summed E-state index contributed by atoms with van der Waals surface area (Å²) >= 11 is 0. The molecule has 0 aliphatic carbocycles. The average molecular weight is 349 g/mol. The molecule has 0 radical (unpaired) electrons. The van der Waals surface area contributed by atoms with Gasteiger partial charge in [0.25, 0.3) is 0 Å². The summed E-state index contributed by atoms with van der Waals surface area (Å²) in [4.78, 5) is 29.4. The van der Waals surface area contributed by atoms with Crippen LogP contribution in [0.2, 0.25) is 0 Å². The predicted molar refractivity (Wildman–Crippen MR) is 93.7 cm³/mol. The zero-order chi connectivity index (χ0) is 18.4. The molecule has 0 unspecified atom stereocenters. The molecule has 1 aromatic carbocycles. The minimum Gasteiger partial charge on any atom is -0.427 e. The van der Waals surface area contributed by atoms with Gasteiger partial charge in [-0.15, -0.1) is 5.06 Å². The number of rotatable bonds is 4. The topological polar surface area (TPSA) is 79.9 Å². The SMILES string of the molecule is C[C@H](NC(=O)[C@H]1CN(OC(=O)OC(C)(C)C)CCN1)c1ccccc1. The van der Waals surface area contributed by atoms with Crippen molar-refractivity contribution < 1.29 is 19.2 Å². The molecule has 7 heteroatoms. The standard InChI is InChI=1S/C18H27N3O4/c1-13(14-8-6-5-7-9-14)20-16(22)15-12-21(11-10-19-15)25-17(23)24-18(2,3)4/h5-9,13,15,19H,10-12H2,1-4H3,(H,20,22)/t13-,15+/m0/s1. The van der Waals surface area contributed by atoms with E-state index in [1.54, 1.807) is 20.8 Å². The molecule has 1 aliphatic rings. The molecule has 2 rings (SSSR count). The molecule has 0 saturated carbocycles. The van der Waals surface area contributed by atoms with Gasteiger partial charge in [-0.1, -0.05) is 30.3 Å². The van der Waals surface area contributed by atoms with E-state index in [0.717, 1.165) is 5.56 Å². The number of nitrogens with one attached hydrogen (secondary N) is 2. The van der Waals surface area contributed by atoms with Crippen molar-refractivity contribution in [1.29, 1.82) is 0 Å². The Labute approximate surface area is 148 Å². The van der Waals surface area contributed by atoms with Crippen molar-refractivity contribution >= 4 is 12.1 Å². The molecule has 0 aromatic heterocycles. The van der Waals surface area contributed by atoms with Crippen LogP contribution in [0.25, 0.3) is 0 Å². The van der Waals surface area contributed by atoms with Gasteiger partial charge in [0.05, 0.1) is 12.6 Å². The molecule has 0 spiro atoms. The van der Waals surface area contributed by atoms with Gasteiger partial charge in [0.15, 0.2) is 0 Å². The largest absolute Gasteiger partial charge is 0.528 e. The van der Waals surface area contributed by atoms with Crippen LogP contribution < -0.4 is 10.6 Å². The van der Waals surface area contributed by atoms with Crippen molar-refractivity contribution in [3.05, 3.63) is 35.9 Å². The van der Waals surface area contributed by atoms with Gasteiger partial charge >= 0.3 is 6.16 Å². The van der Waals surface area contributed by atoms with E-state index in [4.69, 9.17) is 9.57 Å². The maximum absolute atomic E-state index is 12.5. The van der Waals surface area contributed by atoms with Crippen LogP contribution in [-0.2, 0) is 14.4 Å². The summed E-state index contributed by atoms with van der Waals surface area (Å²) in [6.07, 6.45) is -0.758. The molecular weight excluding hydrogens is 322 g/mol. The highest BCUT2D eigenvalue weighted by Crippen LogP contribution is 2.13. The second-order valence-electron chi connectivity index (χ2n) is 7.09. The van der Waals surface area contributed by atoms with Gasteiger partial charge < -0.3 is 20.2 Å². The summed E-state index contributed by atoms with van der Waals surface area (Å²) in [5.74, 6) is -0.131. The molecule has 1 aromatic rings. The number of piperazine rings is 1. The van der Waals surface area contributed by atoms with E-state index in [-0.39, 0.29) is 18.5 Å². The van der Waals surface area contributed by atoms with Gasteiger partial charge in [-0.05, 0) is 33.3 Å². The molecule has 1 fully saturated rings. The van der Waals surface area contributed by atoms with Gasteiger partial charge in [-0.25, -0.2) is 4.79 Å².